The monoisotopic (exact) mass is 179 g/mol. The van der Waals surface area contributed by atoms with Crippen molar-refractivity contribution in [3.05, 3.63) is 0 Å². The average Bonchev–Trinajstić information content (AvgIpc) is 2.70. The third-order valence-electron chi connectivity index (χ3n) is 3.75. The Kier molecular flexibility index (Phi) is 1.64. The predicted octanol–water partition coefficient (Wildman–Crippen LogP) is 2.88. The van der Waals surface area contributed by atoms with E-state index in [-0.39, 0.29) is 0 Å². The van der Waals surface area contributed by atoms with Crippen molar-refractivity contribution in [2.75, 3.05) is 0 Å². The molecule has 0 radical (unpaired) electrons. The van der Waals surface area contributed by atoms with Gasteiger partial charge in [0.2, 0.25) is 0 Å². The zero-order valence-corrected chi connectivity index (χ0v) is 8.09. The summed E-state index contributed by atoms with van der Waals surface area (Å²) in [5, 5.41) is 4.26. The van der Waals surface area contributed by atoms with E-state index in [9.17, 15) is 0 Å². The fourth-order valence-electron chi connectivity index (χ4n) is 2.55. The molecule has 0 atom stereocenters. The molecule has 3 rings (SSSR count). The van der Waals surface area contributed by atoms with Gasteiger partial charge in [-0.3, -0.25) is 0 Å². The van der Waals surface area contributed by atoms with E-state index in [4.69, 9.17) is 4.84 Å². The van der Waals surface area contributed by atoms with E-state index >= 15 is 0 Å². The standard InChI is InChI=1S/C11H17NO/c1-2-4-10(3-1)13-12-9-7-11(8-9)5-6-11/h10H,1-8H2. The van der Waals surface area contributed by atoms with Crippen LogP contribution in [0.3, 0.4) is 0 Å². The molecule has 2 heteroatoms. The highest BCUT2D eigenvalue weighted by Crippen LogP contribution is 2.59. The van der Waals surface area contributed by atoms with Gasteiger partial charge in [-0.15, -0.1) is 0 Å². The van der Waals surface area contributed by atoms with E-state index < -0.39 is 0 Å². The van der Waals surface area contributed by atoms with Crippen LogP contribution in [0.4, 0.5) is 0 Å². The van der Waals surface area contributed by atoms with E-state index in [0.29, 0.717) is 6.10 Å². The Morgan fingerprint density at radius 3 is 2.46 bits per heavy atom. The molecule has 0 saturated heterocycles. The highest BCUT2D eigenvalue weighted by atomic mass is 16.6. The molecule has 1 spiro atoms. The van der Waals surface area contributed by atoms with Gasteiger partial charge < -0.3 is 4.84 Å². The van der Waals surface area contributed by atoms with Gasteiger partial charge in [-0.25, -0.2) is 0 Å². The molecule has 0 aromatic rings. The van der Waals surface area contributed by atoms with Crippen LogP contribution in [-0.4, -0.2) is 11.8 Å². The van der Waals surface area contributed by atoms with E-state index in [2.05, 4.69) is 5.16 Å². The van der Waals surface area contributed by atoms with Gasteiger partial charge in [0.25, 0.3) is 0 Å². The van der Waals surface area contributed by atoms with Crippen molar-refractivity contribution in [3.8, 4) is 0 Å². The SMILES string of the molecule is C1CCC(ON=C2CC3(CC3)C2)C1. The summed E-state index contributed by atoms with van der Waals surface area (Å²) in [6, 6.07) is 0. The molecule has 3 saturated carbocycles. The van der Waals surface area contributed by atoms with Gasteiger partial charge in [0.05, 0.1) is 5.71 Å². The molecule has 13 heavy (non-hydrogen) atoms. The van der Waals surface area contributed by atoms with Crippen LogP contribution in [0.15, 0.2) is 5.16 Å². The smallest absolute Gasteiger partial charge is 0.127 e. The molecule has 0 heterocycles. The van der Waals surface area contributed by atoms with E-state index in [0.717, 1.165) is 5.41 Å². The summed E-state index contributed by atoms with van der Waals surface area (Å²) in [4.78, 5) is 5.52. The van der Waals surface area contributed by atoms with Gasteiger partial charge >= 0.3 is 0 Å². The minimum absolute atomic E-state index is 0.447. The summed E-state index contributed by atoms with van der Waals surface area (Å²) in [7, 11) is 0. The first-order valence-electron chi connectivity index (χ1n) is 5.58. The first-order chi connectivity index (χ1) is 6.36. The van der Waals surface area contributed by atoms with Crippen LogP contribution in [0, 0.1) is 5.41 Å². The quantitative estimate of drug-likeness (QED) is 0.597. The second-order valence-corrected chi connectivity index (χ2v) is 5.02. The lowest BCUT2D eigenvalue weighted by Crippen LogP contribution is -2.25. The van der Waals surface area contributed by atoms with Crippen LogP contribution in [0.2, 0.25) is 0 Å². The van der Waals surface area contributed by atoms with Crippen molar-refractivity contribution < 1.29 is 4.84 Å². The van der Waals surface area contributed by atoms with Gasteiger partial charge in [-0.2, -0.15) is 0 Å². The zero-order valence-electron chi connectivity index (χ0n) is 8.09. The van der Waals surface area contributed by atoms with Crippen molar-refractivity contribution in [1.29, 1.82) is 0 Å². The minimum Gasteiger partial charge on any atom is -0.393 e. The molecule has 2 nitrogen and oxygen atoms in total. The zero-order chi connectivity index (χ0) is 8.73. The summed E-state index contributed by atoms with van der Waals surface area (Å²) in [6.45, 7) is 0. The van der Waals surface area contributed by atoms with Crippen LogP contribution in [0.1, 0.15) is 51.4 Å². The molecular formula is C11H17NO. The lowest BCUT2D eigenvalue weighted by Gasteiger charge is -2.27. The predicted molar refractivity (Wildman–Crippen MR) is 51.7 cm³/mol. The number of oxime groups is 1. The Hall–Kier alpha value is -0.530. The molecule has 0 amide bonds. The number of rotatable bonds is 2. The molecule has 0 aromatic carbocycles. The molecule has 3 aliphatic rings. The third kappa shape index (κ3) is 1.47. The van der Waals surface area contributed by atoms with Gasteiger partial charge in [0.1, 0.15) is 6.10 Å². The average molecular weight is 179 g/mol. The van der Waals surface area contributed by atoms with Crippen LogP contribution < -0.4 is 0 Å². The summed E-state index contributed by atoms with van der Waals surface area (Å²) in [5.74, 6) is 0. The van der Waals surface area contributed by atoms with Crippen LogP contribution in [0.25, 0.3) is 0 Å². The third-order valence-corrected chi connectivity index (χ3v) is 3.75. The van der Waals surface area contributed by atoms with Gasteiger partial charge in [0.15, 0.2) is 0 Å². The minimum atomic E-state index is 0.447. The Labute approximate surface area is 79.3 Å². The highest BCUT2D eigenvalue weighted by Gasteiger charge is 2.51. The van der Waals surface area contributed by atoms with E-state index in [1.165, 1.54) is 57.1 Å². The summed E-state index contributed by atoms with van der Waals surface area (Å²) >= 11 is 0. The molecule has 3 aliphatic carbocycles. The Balaban J connectivity index is 1.47. The first-order valence-corrected chi connectivity index (χ1v) is 5.58. The van der Waals surface area contributed by atoms with Crippen molar-refractivity contribution in [2.45, 2.75) is 57.5 Å². The molecule has 3 fully saturated rings. The summed E-state index contributed by atoms with van der Waals surface area (Å²) in [6.07, 6.45) is 10.9. The lowest BCUT2D eigenvalue weighted by atomic mass is 9.80. The van der Waals surface area contributed by atoms with E-state index in [1.54, 1.807) is 0 Å². The van der Waals surface area contributed by atoms with Crippen LogP contribution >= 0.6 is 0 Å². The fourth-order valence-corrected chi connectivity index (χ4v) is 2.55. The molecule has 0 unspecified atom stereocenters. The molecule has 72 valence electrons. The second-order valence-electron chi connectivity index (χ2n) is 5.02. The van der Waals surface area contributed by atoms with Gasteiger partial charge in [0, 0.05) is 0 Å². The molecule has 0 aliphatic heterocycles. The van der Waals surface area contributed by atoms with Gasteiger partial charge in [-0.05, 0) is 56.8 Å². The van der Waals surface area contributed by atoms with Crippen molar-refractivity contribution in [3.63, 3.8) is 0 Å². The fraction of sp³-hybridized carbons (Fsp3) is 0.909. The van der Waals surface area contributed by atoms with Crippen LogP contribution in [0.5, 0.6) is 0 Å². The Morgan fingerprint density at radius 1 is 1.15 bits per heavy atom. The second kappa shape index (κ2) is 2.73. The number of hydrogen-bond acceptors (Lipinski definition) is 2. The highest BCUT2D eigenvalue weighted by molar-refractivity contribution is 5.92. The van der Waals surface area contributed by atoms with E-state index in [1.807, 2.05) is 0 Å². The number of nitrogens with zero attached hydrogens (tertiary/aromatic N) is 1. The summed E-state index contributed by atoms with van der Waals surface area (Å²) in [5.41, 5.74) is 2.06. The maximum Gasteiger partial charge on any atom is 0.127 e. The molecule has 0 bridgehead atoms. The molecular weight excluding hydrogens is 162 g/mol. The Bertz CT molecular complexity index is 226. The lowest BCUT2D eigenvalue weighted by molar-refractivity contribution is 0.0613. The summed E-state index contributed by atoms with van der Waals surface area (Å²) < 4.78 is 0. The largest absolute Gasteiger partial charge is 0.393 e. The Morgan fingerprint density at radius 2 is 1.85 bits per heavy atom. The van der Waals surface area contributed by atoms with Crippen molar-refractivity contribution >= 4 is 5.71 Å². The van der Waals surface area contributed by atoms with Crippen molar-refractivity contribution in [1.82, 2.24) is 0 Å². The van der Waals surface area contributed by atoms with Crippen LogP contribution in [-0.2, 0) is 4.84 Å². The molecule has 0 N–H and O–H groups in total. The van der Waals surface area contributed by atoms with Gasteiger partial charge in [-0.1, -0.05) is 5.16 Å². The first kappa shape index (κ1) is 7.84. The normalized spacial score (nSPS) is 30.3. The van der Waals surface area contributed by atoms with Crippen molar-refractivity contribution in [2.24, 2.45) is 10.6 Å². The maximum absolute atomic E-state index is 5.52. The number of hydrogen-bond donors (Lipinski definition) is 0. The molecule has 0 aromatic heterocycles. The topological polar surface area (TPSA) is 21.6 Å². The maximum atomic E-state index is 5.52.